The molecule has 0 radical (unpaired) electrons. The first-order valence-electron chi connectivity index (χ1n) is 7.12. The molecule has 2 heterocycles. The summed E-state index contributed by atoms with van der Waals surface area (Å²) in [5.41, 5.74) is 1.26. The predicted octanol–water partition coefficient (Wildman–Crippen LogP) is 2.96. The Labute approximate surface area is 111 Å². The third kappa shape index (κ3) is 3.45. The van der Waals surface area contributed by atoms with Crippen LogP contribution in [0.25, 0.3) is 0 Å². The largest absolute Gasteiger partial charge is 0.354 e. The molecule has 1 fully saturated rings. The summed E-state index contributed by atoms with van der Waals surface area (Å²) in [6.07, 6.45) is 5.95. The second-order valence-electron chi connectivity index (χ2n) is 5.60. The maximum Gasteiger partial charge on any atom is 0.128 e. The van der Waals surface area contributed by atoms with Crippen molar-refractivity contribution in [2.75, 3.05) is 11.4 Å². The van der Waals surface area contributed by atoms with E-state index in [4.69, 9.17) is 0 Å². The first-order chi connectivity index (χ1) is 8.66. The van der Waals surface area contributed by atoms with Gasteiger partial charge < -0.3 is 10.2 Å². The number of piperidine rings is 1. The van der Waals surface area contributed by atoms with Crippen LogP contribution in [0.15, 0.2) is 18.3 Å². The topological polar surface area (TPSA) is 28.2 Å². The minimum Gasteiger partial charge on any atom is -0.354 e. The SMILES string of the molecule is CC(C)NCc1ccc(N2CCCCC2C)nc1. The molecule has 0 amide bonds. The van der Waals surface area contributed by atoms with E-state index in [1.165, 1.54) is 24.8 Å². The quantitative estimate of drug-likeness (QED) is 0.886. The molecule has 1 aromatic rings. The highest BCUT2D eigenvalue weighted by molar-refractivity contribution is 5.40. The van der Waals surface area contributed by atoms with Crippen LogP contribution in [0.3, 0.4) is 0 Å². The van der Waals surface area contributed by atoms with Gasteiger partial charge in [0.2, 0.25) is 0 Å². The van der Waals surface area contributed by atoms with Crippen molar-refractivity contribution in [1.29, 1.82) is 0 Å². The van der Waals surface area contributed by atoms with Crippen LogP contribution in [0.2, 0.25) is 0 Å². The lowest BCUT2D eigenvalue weighted by Crippen LogP contribution is -2.37. The van der Waals surface area contributed by atoms with Gasteiger partial charge in [0.25, 0.3) is 0 Å². The van der Waals surface area contributed by atoms with Crippen molar-refractivity contribution in [3.63, 3.8) is 0 Å². The molecule has 1 aromatic heterocycles. The van der Waals surface area contributed by atoms with Gasteiger partial charge in [-0.25, -0.2) is 4.98 Å². The summed E-state index contributed by atoms with van der Waals surface area (Å²) in [7, 11) is 0. The van der Waals surface area contributed by atoms with Gasteiger partial charge in [-0.2, -0.15) is 0 Å². The van der Waals surface area contributed by atoms with Gasteiger partial charge in [0.05, 0.1) is 0 Å². The van der Waals surface area contributed by atoms with Gasteiger partial charge >= 0.3 is 0 Å². The molecule has 1 atom stereocenters. The lowest BCUT2D eigenvalue weighted by atomic mass is 10.0. The van der Waals surface area contributed by atoms with E-state index in [0.717, 1.165) is 18.9 Å². The van der Waals surface area contributed by atoms with Crippen LogP contribution in [0.4, 0.5) is 5.82 Å². The molecule has 0 aliphatic carbocycles. The lowest BCUT2D eigenvalue weighted by molar-refractivity contribution is 0.481. The van der Waals surface area contributed by atoms with Crippen molar-refractivity contribution in [1.82, 2.24) is 10.3 Å². The number of aromatic nitrogens is 1. The molecule has 0 aromatic carbocycles. The molecule has 1 saturated heterocycles. The molecular formula is C15H25N3. The van der Waals surface area contributed by atoms with E-state index in [-0.39, 0.29) is 0 Å². The minimum absolute atomic E-state index is 0.520. The smallest absolute Gasteiger partial charge is 0.128 e. The summed E-state index contributed by atoms with van der Waals surface area (Å²) >= 11 is 0. The second kappa shape index (κ2) is 6.19. The average molecular weight is 247 g/mol. The first-order valence-corrected chi connectivity index (χ1v) is 7.12. The number of anilines is 1. The van der Waals surface area contributed by atoms with Crippen molar-refractivity contribution < 1.29 is 0 Å². The maximum absolute atomic E-state index is 4.62. The maximum atomic E-state index is 4.62. The Hall–Kier alpha value is -1.09. The fourth-order valence-corrected chi connectivity index (χ4v) is 2.45. The van der Waals surface area contributed by atoms with Gasteiger partial charge in [-0.05, 0) is 37.8 Å². The summed E-state index contributed by atoms with van der Waals surface area (Å²) in [6, 6.07) is 5.51. The Bertz CT molecular complexity index is 359. The molecule has 18 heavy (non-hydrogen) atoms. The van der Waals surface area contributed by atoms with Crippen molar-refractivity contribution >= 4 is 5.82 Å². The normalized spacial score (nSPS) is 20.4. The van der Waals surface area contributed by atoms with E-state index in [0.29, 0.717) is 12.1 Å². The van der Waals surface area contributed by atoms with E-state index in [9.17, 15) is 0 Å². The van der Waals surface area contributed by atoms with Crippen LogP contribution in [0.5, 0.6) is 0 Å². The number of rotatable bonds is 4. The van der Waals surface area contributed by atoms with E-state index in [1.54, 1.807) is 0 Å². The molecule has 1 aliphatic heterocycles. The summed E-state index contributed by atoms with van der Waals surface area (Å²) < 4.78 is 0. The van der Waals surface area contributed by atoms with Crippen LogP contribution >= 0.6 is 0 Å². The molecular weight excluding hydrogens is 222 g/mol. The summed E-state index contributed by atoms with van der Waals surface area (Å²) in [4.78, 5) is 7.05. The van der Waals surface area contributed by atoms with Gasteiger partial charge in [-0.1, -0.05) is 19.9 Å². The van der Waals surface area contributed by atoms with Crippen molar-refractivity contribution in [3.8, 4) is 0 Å². The average Bonchev–Trinajstić information content (AvgIpc) is 2.38. The second-order valence-corrected chi connectivity index (χ2v) is 5.60. The summed E-state index contributed by atoms with van der Waals surface area (Å²) in [5, 5.41) is 3.42. The standard InChI is InChI=1S/C15H25N3/c1-12(2)16-10-14-7-8-15(17-11-14)18-9-5-4-6-13(18)3/h7-8,11-13,16H,4-6,9-10H2,1-3H3. The van der Waals surface area contributed by atoms with Crippen LogP contribution < -0.4 is 10.2 Å². The molecule has 1 N–H and O–H groups in total. The number of nitrogens with one attached hydrogen (secondary N) is 1. The monoisotopic (exact) mass is 247 g/mol. The summed E-state index contributed by atoms with van der Waals surface area (Å²) in [6.45, 7) is 8.68. The lowest BCUT2D eigenvalue weighted by Gasteiger charge is -2.34. The molecule has 1 unspecified atom stereocenters. The molecule has 0 bridgehead atoms. The highest BCUT2D eigenvalue weighted by Gasteiger charge is 2.19. The molecule has 0 saturated carbocycles. The van der Waals surface area contributed by atoms with Gasteiger partial charge in [-0.3, -0.25) is 0 Å². The van der Waals surface area contributed by atoms with E-state index in [2.05, 4.69) is 48.1 Å². The van der Waals surface area contributed by atoms with E-state index >= 15 is 0 Å². The van der Waals surface area contributed by atoms with Crippen LogP contribution in [-0.4, -0.2) is 23.6 Å². The highest BCUT2D eigenvalue weighted by atomic mass is 15.2. The minimum atomic E-state index is 0.520. The van der Waals surface area contributed by atoms with Crippen molar-refractivity contribution in [2.24, 2.45) is 0 Å². The Morgan fingerprint density at radius 2 is 2.22 bits per heavy atom. The van der Waals surface area contributed by atoms with Crippen LogP contribution in [0.1, 0.15) is 45.6 Å². The molecule has 3 heteroatoms. The Morgan fingerprint density at radius 1 is 1.39 bits per heavy atom. The van der Waals surface area contributed by atoms with Gasteiger partial charge in [0.1, 0.15) is 5.82 Å². The van der Waals surface area contributed by atoms with Gasteiger partial charge in [-0.15, -0.1) is 0 Å². The van der Waals surface area contributed by atoms with Crippen molar-refractivity contribution in [3.05, 3.63) is 23.9 Å². The molecule has 3 nitrogen and oxygen atoms in total. The zero-order valence-electron chi connectivity index (χ0n) is 11.8. The van der Waals surface area contributed by atoms with Crippen LogP contribution in [0, 0.1) is 0 Å². The van der Waals surface area contributed by atoms with Gasteiger partial charge in [0.15, 0.2) is 0 Å². The Balaban J connectivity index is 1.98. The molecule has 100 valence electrons. The predicted molar refractivity (Wildman–Crippen MR) is 76.9 cm³/mol. The van der Waals surface area contributed by atoms with Gasteiger partial charge in [0, 0.05) is 31.4 Å². The van der Waals surface area contributed by atoms with E-state index < -0.39 is 0 Å². The highest BCUT2D eigenvalue weighted by Crippen LogP contribution is 2.22. The number of hydrogen-bond donors (Lipinski definition) is 1. The molecule has 0 spiro atoms. The number of nitrogens with zero attached hydrogens (tertiary/aromatic N) is 2. The third-order valence-corrected chi connectivity index (χ3v) is 3.62. The first kappa shape index (κ1) is 13.3. The third-order valence-electron chi connectivity index (χ3n) is 3.62. The number of hydrogen-bond acceptors (Lipinski definition) is 3. The molecule has 1 aliphatic rings. The Kier molecular flexibility index (Phi) is 4.59. The van der Waals surface area contributed by atoms with Crippen LogP contribution in [-0.2, 0) is 6.54 Å². The Morgan fingerprint density at radius 3 is 2.83 bits per heavy atom. The molecule has 2 rings (SSSR count). The zero-order chi connectivity index (χ0) is 13.0. The van der Waals surface area contributed by atoms with Crippen molar-refractivity contribution in [2.45, 2.75) is 58.7 Å². The fourth-order valence-electron chi connectivity index (χ4n) is 2.45. The zero-order valence-corrected chi connectivity index (χ0v) is 11.8. The number of pyridine rings is 1. The summed E-state index contributed by atoms with van der Waals surface area (Å²) in [5.74, 6) is 1.13. The van der Waals surface area contributed by atoms with E-state index in [1.807, 2.05) is 6.20 Å². The fraction of sp³-hybridized carbons (Fsp3) is 0.667.